The van der Waals surface area contributed by atoms with E-state index in [0.717, 1.165) is 0 Å². The van der Waals surface area contributed by atoms with Crippen LogP contribution < -0.4 is 15.8 Å². The van der Waals surface area contributed by atoms with Crippen LogP contribution in [0.1, 0.15) is 6.92 Å². The molecule has 0 aromatic heterocycles. The number of ether oxygens (including phenoxy) is 2. The lowest BCUT2D eigenvalue weighted by Crippen LogP contribution is -2.21. The van der Waals surface area contributed by atoms with Crippen molar-refractivity contribution in [1.29, 1.82) is 0 Å². The van der Waals surface area contributed by atoms with Crippen molar-refractivity contribution in [2.45, 2.75) is 6.92 Å². The summed E-state index contributed by atoms with van der Waals surface area (Å²) in [6.45, 7) is 3.22. The summed E-state index contributed by atoms with van der Waals surface area (Å²) in [7, 11) is 0. The molecule has 0 radical (unpaired) electrons. The summed E-state index contributed by atoms with van der Waals surface area (Å²) in [5.41, 5.74) is 5.90. The van der Waals surface area contributed by atoms with Gasteiger partial charge in [-0.1, -0.05) is 12.1 Å². The molecule has 0 aliphatic carbocycles. The third-order valence-corrected chi connectivity index (χ3v) is 1.96. The maximum atomic E-state index is 11.5. The van der Waals surface area contributed by atoms with Crippen molar-refractivity contribution < 1.29 is 14.3 Å². The first-order valence-corrected chi connectivity index (χ1v) is 5.57. The van der Waals surface area contributed by atoms with Crippen LogP contribution in [-0.4, -0.2) is 32.3 Å². The van der Waals surface area contributed by atoms with E-state index in [-0.39, 0.29) is 12.5 Å². The van der Waals surface area contributed by atoms with Crippen LogP contribution in [0, 0.1) is 0 Å². The number of anilines is 1. The minimum atomic E-state index is -0.217. The van der Waals surface area contributed by atoms with Gasteiger partial charge < -0.3 is 20.5 Å². The Morgan fingerprint density at radius 2 is 2.18 bits per heavy atom. The number of benzene rings is 1. The van der Waals surface area contributed by atoms with Gasteiger partial charge in [0.25, 0.3) is 0 Å². The molecule has 0 aliphatic rings. The van der Waals surface area contributed by atoms with E-state index in [1.54, 1.807) is 12.1 Å². The van der Waals surface area contributed by atoms with Gasteiger partial charge in [0.1, 0.15) is 12.4 Å². The van der Waals surface area contributed by atoms with Crippen molar-refractivity contribution >= 4 is 11.6 Å². The highest BCUT2D eigenvalue weighted by Gasteiger charge is 2.06. The number of nitrogens with one attached hydrogen (secondary N) is 1. The Kier molecular flexibility index (Phi) is 6.06. The summed E-state index contributed by atoms with van der Waals surface area (Å²) >= 11 is 0. The van der Waals surface area contributed by atoms with Gasteiger partial charge in [-0.3, -0.25) is 4.79 Å². The number of amides is 1. The number of rotatable bonds is 7. The summed E-state index contributed by atoms with van der Waals surface area (Å²) in [5.74, 6) is 0.438. The molecule has 0 bridgehead atoms. The van der Waals surface area contributed by atoms with Gasteiger partial charge >= 0.3 is 0 Å². The molecule has 5 heteroatoms. The first-order valence-electron chi connectivity index (χ1n) is 5.57. The molecular weight excluding hydrogens is 220 g/mol. The Labute approximate surface area is 101 Å². The lowest BCUT2D eigenvalue weighted by molar-refractivity contribution is -0.120. The zero-order chi connectivity index (χ0) is 12.5. The van der Waals surface area contributed by atoms with Gasteiger partial charge in [0.05, 0.1) is 18.9 Å². The van der Waals surface area contributed by atoms with Gasteiger partial charge in [-0.15, -0.1) is 0 Å². The lowest BCUT2D eigenvalue weighted by Gasteiger charge is -2.11. The van der Waals surface area contributed by atoms with E-state index in [4.69, 9.17) is 15.2 Å². The monoisotopic (exact) mass is 238 g/mol. The number of carbonyl (C=O) groups is 1. The Hall–Kier alpha value is -1.59. The quantitative estimate of drug-likeness (QED) is 0.695. The fourth-order valence-corrected chi connectivity index (χ4v) is 1.29. The zero-order valence-corrected chi connectivity index (χ0v) is 9.94. The molecule has 0 unspecified atom stereocenters. The van der Waals surface area contributed by atoms with Crippen molar-refractivity contribution in [2.24, 2.45) is 5.73 Å². The van der Waals surface area contributed by atoms with Crippen LogP contribution in [-0.2, 0) is 9.53 Å². The van der Waals surface area contributed by atoms with E-state index in [1.807, 2.05) is 19.1 Å². The Balaban J connectivity index is 2.52. The third-order valence-electron chi connectivity index (χ3n) is 1.96. The van der Waals surface area contributed by atoms with Crippen LogP contribution in [0.2, 0.25) is 0 Å². The first kappa shape index (κ1) is 13.5. The van der Waals surface area contributed by atoms with Crippen molar-refractivity contribution in [3.05, 3.63) is 24.3 Å². The van der Waals surface area contributed by atoms with Crippen LogP contribution in [0.25, 0.3) is 0 Å². The predicted octanol–water partition coefficient (Wildman–Crippen LogP) is 0.999. The molecule has 0 saturated heterocycles. The second-order valence-corrected chi connectivity index (χ2v) is 3.32. The number of hydrogen-bond acceptors (Lipinski definition) is 4. The lowest BCUT2D eigenvalue weighted by atomic mass is 10.3. The van der Waals surface area contributed by atoms with E-state index < -0.39 is 0 Å². The van der Waals surface area contributed by atoms with Crippen molar-refractivity contribution in [3.8, 4) is 5.75 Å². The molecule has 1 aromatic carbocycles. The maximum Gasteiger partial charge on any atom is 0.250 e. The highest BCUT2D eigenvalue weighted by Crippen LogP contribution is 2.23. The fraction of sp³-hybridized carbons (Fsp3) is 0.417. The molecule has 0 fully saturated rings. The van der Waals surface area contributed by atoms with E-state index in [0.29, 0.717) is 31.2 Å². The topological polar surface area (TPSA) is 73.6 Å². The van der Waals surface area contributed by atoms with E-state index >= 15 is 0 Å². The van der Waals surface area contributed by atoms with Crippen LogP contribution in [0.4, 0.5) is 5.69 Å². The largest absolute Gasteiger partial charge is 0.492 e. The maximum absolute atomic E-state index is 11.5. The average molecular weight is 238 g/mol. The summed E-state index contributed by atoms with van der Waals surface area (Å²) in [6, 6.07) is 7.27. The SMILES string of the molecule is CCOc1ccccc1NC(=O)COCCN. The molecule has 1 amide bonds. The number of para-hydroxylation sites is 2. The Morgan fingerprint density at radius 1 is 1.41 bits per heavy atom. The van der Waals surface area contributed by atoms with Gasteiger partial charge in [0, 0.05) is 6.54 Å². The van der Waals surface area contributed by atoms with Crippen LogP contribution in [0.5, 0.6) is 5.75 Å². The molecule has 0 heterocycles. The molecule has 0 aliphatic heterocycles. The molecular formula is C12H18N2O3. The predicted molar refractivity (Wildman–Crippen MR) is 66.1 cm³/mol. The molecule has 94 valence electrons. The molecule has 5 nitrogen and oxygen atoms in total. The summed E-state index contributed by atoms with van der Waals surface area (Å²) in [4.78, 5) is 11.5. The smallest absolute Gasteiger partial charge is 0.250 e. The summed E-state index contributed by atoms with van der Waals surface area (Å²) in [5, 5.41) is 2.72. The minimum Gasteiger partial charge on any atom is -0.492 e. The second-order valence-electron chi connectivity index (χ2n) is 3.32. The molecule has 3 N–H and O–H groups in total. The highest BCUT2D eigenvalue weighted by atomic mass is 16.5. The molecule has 0 atom stereocenters. The van der Waals surface area contributed by atoms with Crippen LogP contribution in [0.15, 0.2) is 24.3 Å². The molecule has 0 spiro atoms. The summed E-state index contributed by atoms with van der Waals surface area (Å²) in [6.07, 6.45) is 0. The number of hydrogen-bond donors (Lipinski definition) is 2. The van der Waals surface area contributed by atoms with Crippen LogP contribution >= 0.6 is 0 Å². The van der Waals surface area contributed by atoms with Crippen molar-refractivity contribution in [3.63, 3.8) is 0 Å². The molecule has 17 heavy (non-hydrogen) atoms. The van der Waals surface area contributed by atoms with Crippen molar-refractivity contribution in [2.75, 3.05) is 31.7 Å². The highest BCUT2D eigenvalue weighted by molar-refractivity contribution is 5.93. The molecule has 0 saturated carbocycles. The fourth-order valence-electron chi connectivity index (χ4n) is 1.29. The summed E-state index contributed by atoms with van der Waals surface area (Å²) < 4.78 is 10.4. The van der Waals surface area contributed by atoms with Gasteiger partial charge in [-0.25, -0.2) is 0 Å². The zero-order valence-electron chi connectivity index (χ0n) is 9.94. The minimum absolute atomic E-state index is 0.00232. The third kappa shape index (κ3) is 4.84. The van der Waals surface area contributed by atoms with Gasteiger partial charge in [-0.2, -0.15) is 0 Å². The van der Waals surface area contributed by atoms with Gasteiger partial charge in [0.15, 0.2) is 0 Å². The van der Waals surface area contributed by atoms with Gasteiger partial charge in [0.2, 0.25) is 5.91 Å². The van der Waals surface area contributed by atoms with E-state index in [1.165, 1.54) is 0 Å². The Bertz CT molecular complexity index is 355. The second kappa shape index (κ2) is 7.65. The van der Waals surface area contributed by atoms with Crippen LogP contribution in [0.3, 0.4) is 0 Å². The number of nitrogens with two attached hydrogens (primary N) is 1. The van der Waals surface area contributed by atoms with Gasteiger partial charge in [-0.05, 0) is 19.1 Å². The average Bonchev–Trinajstić information content (AvgIpc) is 2.32. The normalized spacial score (nSPS) is 10.0. The number of carbonyl (C=O) groups excluding carboxylic acids is 1. The van der Waals surface area contributed by atoms with E-state index in [9.17, 15) is 4.79 Å². The first-order chi connectivity index (χ1) is 8.27. The Morgan fingerprint density at radius 3 is 2.88 bits per heavy atom. The van der Waals surface area contributed by atoms with E-state index in [2.05, 4.69) is 5.32 Å². The van der Waals surface area contributed by atoms with Crippen molar-refractivity contribution in [1.82, 2.24) is 0 Å². The standard InChI is InChI=1S/C12H18N2O3/c1-2-17-11-6-4-3-5-10(11)14-12(15)9-16-8-7-13/h3-6H,2,7-9,13H2,1H3,(H,14,15). The molecule has 1 rings (SSSR count). The molecule has 1 aromatic rings.